The summed E-state index contributed by atoms with van der Waals surface area (Å²) in [5, 5.41) is 2.91. The molecule has 0 atom stereocenters. The molecule has 5 rings (SSSR count). The summed E-state index contributed by atoms with van der Waals surface area (Å²) in [6.07, 6.45) is 0.570. The standard InChI is InChI=1S/C28H23FN2O4/c1-34-25-11-3-2-10-23(25)27(32)30-22-9-5-6-18(15-22)26-16-20-17-31(13-12-24(20)35-26)28(33)19-7-4-8-21(29)14-19/h2-11,14-16H,12-13,17H2,1H3,(H,30,32). The maximum atomic E-state index is 13.6. The first-order chi connectivity index (χ1) is 17.0. The average Bonchev–Trinajstić information content (AvgIpc) is 3.32. The Labute approximate surface area is 201 Å². The Balaban J connectivity index is 1.33. The molecule has 0 saturated heterocycles. The lowest BCUT2D eigenvalue weighted by Gasteiger charge is -2.26. The molecular weight excluding hydrogens is 447 g/mol. The number of carbonyl (C=O) groups excluding carboxylic acids is 2. The summed E-state index contributed by atoms with van der Waals surface area (Å²) in [6, 6.07) is 22.1. The van der Waals surface area contributed by atoms with E-state index in [9.17, 15) is 14.0 Å². The van der Waals surface area contributed by atoms with Crippen molar-refractivity contribution < 1.29 is 23.1 Å². The summed E-state index contributed by atoms with van der Waals surface area (Å²) in [7, 11) is 1.53. The molecule has 35 heavy (non-hydrogen) atoms. The normalized spacial score (nSPS) is 12.7. The van der Waals surface area contributed by atoms with Crippen LogP contribution in [0.25, 0.3) is 11.3 Å². The van der Waals surface area contributed by atoms with Gasteiger partial charge in [0.05, 0.1) is 12.7 Å². The lowest BCUT2D eigenvalue weighted by molar-refractivity contribution is 0.0729. The number of hydrogen-bond donors (Lipinski definition) is 1. The van der Waals surface area contributed by atoms with Crippen molar-refractivity contribution in [1.29, 1.82) is 0 Å². The van der Waals surface area contributed by atoms with Gasteiger partial charge < -0.3 is 19.4 Å². The van der Waals surface area contributed by atoms with Crippen molar-refractivity contribution in [3.8, 4) is 17.1 Å². The minimum atomic E-state index is -0.433. The number of hydrogen-bond acceptors (Lipinski definition) is 4. The summed E-state index contributed by atoms with van der Waals surface area (Å²) in [5.41, 5.74) is 3.11. The van der Waals surface area contributed by atoms with Crippen LogP contribution in [0.5, 0.6) is 5.75 Å². The maximum absolute atomic E-state index is 13.6. The molecule has 3 aromatic carbocycles. The van der Waals surface area contributed by atoms with Crippen molar-refractivity contribution in [3.63, 3.8) is 0 Å². The molecule has 2 heterocycles. The van der Waals surface area contributed by atoms with Crippen LogP contribution < -0.4 is 10.1 Å². The number of benzene rings is 3. The van der Waals surface area contributed by atoms with E-state index in [0.717, 1.165) is 16.9 Å². The van der Waals surface area contributed by atoms with Crippen LogP contribution in [0.4, 0.5) is 10.1 Å². The monoisotopic (exact) mass is 470 g/mol. The molecule has 0 spiro atoms. The van der Waals surface area contributed by atoms with Gasteiger partial charge in [-0.05, 0) is 48.5 Å². The van der Waals surface area contributed by atoms with E-state index < -0.39 is 5.82 Å². The number of carbonyl (C=O) groups is 2. The molecule has 4 aromatic rings. The quantitative estimate of drug-likeness (QED) is 0.415. The number of para-hydroxylation sites is 1. The lowest BCUT2D eigenvalue weighted by atomic mass is 10.1. The average molecular weight is 471 g/mol. The largest absolute Gasteiger partial charge is 0.496 e. The lowest BCUT2D eigenvalue weighted by Crippen LogP contribution is -2.35. The third-order valence-electron chi connectivity index (χ3n) is 5.98. The van der Waals surface area contributed by atoms with Crippen LogP contribution in [0.15, 0.2) is 83.3 Å². The van der Waals surface area contributed by atoms with Gasteiger partial charge in [0.1, 0.15) is 23.1 Å². The fraction of sp³-hybridized carbons (Fsp3) is 0.143. The van der Waals surface area contributed by atoms with E-state index in [1.54, 1.807) is 35.2 Å². The van der Waals surface area contributed by atoms with Crippen LogP contribution >= 0.6 is 0 Å². The minimum Gasteiger partial charge on any atom is -0.496 e. The highest BCUT2D eigenvalue weighted by atomic mass is 19.1. The number of ether oxygens (including phenoxy) is 1. The molecule has 0 fully saturated rings. The van der Waals surface area contributed by atoms with Gasteiger partial charge in [0.15, 0.2) is 0 Å². The molecule has 0 unspecified atom stereocenters. The predicted molar refractivity (Wildman–Crippen MR) is 130 cm³/mol. The van der Waals surface area contributed by atoms with E-state index in [2.05, 4.69) is 5.32 Å². The second-order valence-corrected chi connectivity index (χ2v) is 8.28. The zero-order valence-electron chi connectivity index (χ0n) is 19.1. The zero-order chi connectivity index (χ0) is 24.4. The minimum absolute atomic E-state index is 0.209. The molecule has 6 nitrogen and oxygen atoms in total. The third kappa shape index (κ3) is 4.66. The fourth-order valence-corrected chi connectivity index (χ4v) is 4.23. The first kappa shape index (κ1) is 22.4. The van der Waals surface area contributed by atoms with Gasteiger partial charge in [-0.15, -0.1) is 0 Å². The van der Waals surface area contributed by atoms with Crippen molar-refractivity contribution in [1.82, 2.24) is 4.90 Å². The van der Waals surface area contributed by atoms with Crippen LogP contribution in [0.1, 0.15) is 32.0 Å². The molecule has 7 heteroatoms. The van der Waals surface area contributed by atoms with Gasteiger partial charge >= 0.3 is 0 Å². The Kier molecular flexibility index (Phi) is 6.06. The number of nitrogens with zero attached hydrogens (tertiary/aromatic N) is 1. The van der Waals surface area contributed by atoms with Crippen molar-refractivity contribution >= 4 is 17.5 Å². The van der Waals surface area contributed by atoms with Crippen LogP contribution in [0.3, 0.4) is 0 Å². The number of rotatable bonds is 5. The van der Waals surface area contributed by atoms with Crippen molar-refractivity contribution in [3.05, 3.63) is 107 Å². The van der Waals surface area contributed by atoms with Gasteiger partial charge in [-0.1, -0.05) is 30.3 Å². The zero-order valence-corrected chi connectivity index (χ0v) is 19.1. The highest BCUT2D eigenvalue weighted by Gasteiger charge is 2.25. The Morgan fingerprint density at radius 1 is 1.00 bits per heavy atom. The molecule has 2 amide bonds. The predicted octanol–water partition coefficient (Wildman–Crippen LogP) is 5.55. The van der Waals surface area contributed by atoms with E-state index in [0.29, 0.717) is 47.8 Å². The van der Waals surface area contributed by atoms with Crippen molar-refractivity contribution in [2.24, 2.45) is 0 Å². The second-order valence-electron chi connectivity index (χ2n) is 8.28. The third-order valence-corrected chi connectivity index (χ3v) is 5.98. The van der Waals surface area contributed by atoms with Crippen molar-refractivity contribution in [2.75, 3.05) is 19.0 Å². The number of furan rings is 1. The molecule has 0 bridgehead atoms. The summed E-state index contributed by atoms with van der Waals surface area (Å²) in [4.78, 5) is 27.3. The van der Waals surface area contributed by atoms with Gasteiger partial charge in [-0.25, -0.2) is 4.39 Å². The number of nitrogens with one attached hydrogen (secondary N) is 1. The number of amides is 2. The maximum Gasteiger partial charge on any atom is 0.259 e. The van der Waals surface area contributed by atoms with Gasteiger partial charge in [-0.2, -0.15) is 0 Å². The highest BCUT2D eigenvalue weighted by Crippen LogP contribution is 2.31. The SMILES string of the molecule is COc1ccccc1C(=O)Nc1cccc(-c2cc3c(o2)CCN(C(=O)c2cccc(F)c2)C3)c1. The Hall–Kier alpha value is -4.39. The molecule has 1 aliphatic rings. The number of halogens is 1. The molecule has 0 radical (unpaired) electrons. The van der Waals surface area contributed by atoms with E-state index >= 15 is 0 Å². The topological polar surface area (TPSA) is 71.8 Å². The summed E-state index contributed by atoms with van der Waals surface area (Å²) in [6.45, 7) is 0.878. The van der Waals surface area contributed by atoms with Crippen LogP contribution in [0.2, 0.25) is 0 Å². The molecular formula is C28H23FN2O4. The first-order valence-electron chi connectivity index (χ1n) is 11.2. The van der Waals surface area contributed by atoms with E-state index in [1.165, 1.54) is 25.3 Å². The first-order valence-corrected chi connectivity index (χ1v) is 11.2. The van der Waals surface area contributed by atoms with Gasteiger partial charge in [0, 0.05) is 41.9 Å². The molecule has 0 aliphatic carbocycles. The Morgan fingerprint density at radius 3 is 2.66 bits per heavy atom. The van der Waals surface area contributed by atoms with E-state index in [-0.39, 0.29) is 11.8 Å². The van der Waals surface area contributed by atoms with Crippen molar-refractivity contribution in [2.45, 2.75) is 13.0 Å². The van der Waals surface area contributed by atoms with Gasteiger partial charge in [0.2, 0.25) is 0 Å². The molecule has 1 aromatic heterocycles. The van der Waals surface area contributed by atoms with E-state index in [4.69, 9.17) is 9.15 Å². The van der Waals surface area contributed by atoms with Gasteiger partial charge in [0.25, 0.3) is 11.8 Å². The Bertz CT molecular complexity index is 1410. The van der Waals surface area contributed by atoms with Crippen LogP contribution in [-0.2, 0) is 13.0 Å². The van der Waals surface area contributed by atoms with Gasteiger partial charge in [-0.3, -0.25) is 9.59 Å². The van der Waals surface area contributed by atoms with E-state index in [1.807, 2.05) is 30.3 Å². The van der Waals surface area contributed by atoms with Crippen LogP contribution in [0, 0.1) is 5.82 Å². The van der Waals surface area contributed by atoms with Crippen LogP contribution in [-0.4, -0.2) is 30.4 Å². The fourth-order valence-electron chi connectivity index (χ4n) is 4.23. The summed E-state index contributed by atoms with van der Waals surface area (Å²) >= 11 is 0. The second kappa shape index (κ2) is 9.46. The summed E-state index contributed by atoms with van der Waals surface area (Å²) < 4.78 is 24.9. The smallest absolute Gasteiger partial charge is 0.259 e. The highest BCUT2D eigenvalue weighted by molar-refractivity contribution is 6.06. The molecule has 176 valence electrons. The molecule has 1 N–H and O–H groups in total. The Morgan fingerprint density at radius 2 is 1.83 bits per heavy atom. The molecule has 0 saturated carbocycles. The number of fused-ring (bicyclic) bond motifs is 1. The summed E-state index contributed by atoms with van der Waals surface area (Å²) in [5.74, 6) is 1.06. The number of methoxy groups -OCH3 is 1. The number of anilines is 1. The molecule has 1 aliphatic heterocycles.